The molecule has 8 nitrogen and oxygen atoms in total. The smallest absolute Gasteiger partial charge is 0.261 e. The highest BCUT2D eigenvalue weighted by Gasteiger charge is 2.13. The number of pyridine rings is 1. The van der Waals surface area contributed by atoms with Crippen LogP contribution in [0.2, 0.25) is 0 Å². The maximum atomic E-state index is 12.5. The molecule has 0 aliphatic carbocycles. The summed E-state index contributed by atoms with van der Waals surface area (Å²) < 4.78 is 5.01. The number of nitrogens with one attached hydrogen (secondary N) is 3. The van der Waals surface area contributed by atoms with Gasteiger partial charge in [0, 0.05) is 35.5 Å². The van der Waals surface area contributed by atoms with Gasteiger partial charge >= 0.3 is 0 Å². The second-order valence-corrected chi connectivity index (χ2v) is 6.15. The van der Waals surface area contributed by atoms with Crippen molar-refractivity contribution in [2.45, 2.75) is 6.61 Å². The SMILES string of the molecule is COCc1nc(-c2ccc(NC(=O)c3c[nH]c4ccccc4c3=O)cc2)n[nH]1. The van der Waals surface area contributed by atoms with E-state index in [1.54, 1.807) is 49.6 Å². The highest BCUT2D eigenvalue weighted by molar-refractivity contribution is 6.05. The minimum atomic E-state index is -0.472. The molecule has 0 radical (unpaired) electrons. The van der Waals surface area contributed by atoms with Gasteiger partial charge in [0.25, 0.3) is 5.91 Å². The molecule has 2 aromatic carbocycles. The number of amides is 1. The van der Waals surface area contributed by atoms with Crippen molar-refractivity contribution in [2.24, 2.45) is 0 Å². The number of hydrogen-bond acceptors (Lipinski definition) is 5. The first-order valence-corrected chi connectivity index (χ1v) is 8.58. The fourth-order valence-corrected chi connectivity index (χ4v) is 2.86. The zero-order valence-electron chi connectivity index (χ0n) is 15.0. The van der Waals surface area contributed by atoms with E-state index < -0.39 is 5.91 Å². The van der Waals surface area contributed by atoms with Crippen molar-refractivity contribution in [1.82, 2.24) is 20.2 Å². The zero-order chi connectivity index (χ0) is 19.5. The Balaban J connectivity index is 1.53. The summed E-state index contributed by atoms with van der Waals surface area (Å²) >= 11 is 0. The largest absolute Gasteiger partial charge is 0.377 e. The lowest BCUT2D eigenvalue weighted by Crippen LogP contribution is -2.21. The van der Waals surface area contributed by atoms with Crippen LogP contribution in [0.15, 0.2) is 59.5 Å². The number of benzene rings is 2. The third kappa shape index (κ3) is 3.40. The fraction of sp³-hybridized carbons (Fsp3) is 0.100. The molecule has 4 aromatic rings. The number of fused-ring (bicyclic) bond motifs is 1. The molecular formula is C20H17N5O3. The molecule has 0 aliphatic rings. The number of aromatic amines is 2. The maximum absolute atomic E-state index is 12.5. The van der Waals surface area contributed by atoms with Crippen molar-refractivity contribution < 1.29 is 9.53 Å². The van der Waals surface area contributed by atoms with Gasteiger partial charge in [0.2, 0.25) is 5.43 Å². The van der Waals surface area contributed by atoms with Gasteiger partial charge in [-0.2, -0.15) is 5.10 Å². The first-order chi connectivity index (χ1) is 13.7. The third-order valence-electron chi connectivity index (χ3n) is 4.25. The van der Waals surface area contributed by atoms with Crippen molar-refractivity contribution in [3.05, 3.63) is 76.3 Å². The molecule has 0 spiro atoms. The van der Waals surface area contributed by atoms with Crippen LogP contribution in [-0.4, -0.2) is 33.2 Å². The average molecular weight is 375 g/mol. The van der Waals surface area contributed by atoms with E-state index in [0.717, 1.165) is 5.56 Å². The van der Waals surface area contributed by atoms with Crippen molar-refractivity contribution >= 4 is 22.5 Å². The van der Waals surface area contributed by atoms with E-state index in [9.17, 15) is 9.59 Å². The fourth-order valence-electron chi connectivity index (χ4n) is 2.86. The summed E-state index contributed by atoms with van der Waals surface area (Å²) in [6, 6.07) is 14.1. The van der Waals surface area contributed by atoms with E-state index in [4.69, 9.17) is 4.74 Å². The second-order valence-electron chi connectivity index (χ2n) is 6.15. The van der Waals surface area contributed by atoms with Gasteiger partial charge < -0.3 is 15.0 Å². The summed E-state index contributed by atoms with van der Waals surface area (Å²) in [7, 11) is 1.58. The summed E-state index contributed by atoms with van der Waals surface area (Å²) in [5.41, 5.74) is 1.79. The molecule has 3 N–H and O–H groups in total. The number of H-pyrrole nitrogens is 2. The standard InChI is InChI=1S/C20H17N5O3/c1-28-11-17-23-19(25-24-17)12-6-8-13(9-7-12)22-20(27)15-10-21-16-5-3-2-4-14(16)18(15)26/h2-10H,11H2,1H3,(H,21,26)(H,22,27)(H,23,24,25). The monoisotopic (exact) mass is 375 g/mol. The van der Waals surface area contributed by atoms with E-state index in [1.165, 1.54) is 6.20 Å². The molecule has 0 unspecified atom stereocenters. The molecule has 4 rings (SSSR count). The Morgan fingerprint density at radius 1 is 1.14 bits per heavy atom. The lowest BCUT2D eigenvalue weighted by Gasteiger charge is -2.06. The summed E-state index contributed by atoms with van der Waals surface area (Å²) in [6.07, 6.45) is 1.43. The molecule has 1 amide bonds. The number of ether oxygens (including phenoxy) is 1. The zero-order valence-corrected chi connectivity index (χ0v) is 15.0. The predicted octanol–water partition coefficient (Wildman–Crippen LogP) is 2.71. The normalized spacial score (nSPS) is 10.9. The van der Waals surface area contributed by atoms with Crippen LogP contribution in [0.5, 0.6) is 0 Å². The number of carbonyl (C=O) groups excluding carboxylic acids is 1. The van der Waals surface area contributed by atoms with Crippen molar-refractivity contribution in [3.8, 4) is 11.4 Å². The Kier molecular flexibility index (Phi) is 4.69. The molecule has 2 aromatic heterocycles. The van der Waals surface area contributed by atoms with Gasteiger partial charge in [-0.1, -0.05) is 12.1 Å². The Morgan fingerprint density at radius 2 is 1.93 bits per heavy atom. The van der Waals surface area contributed by atoms with Gasteiger partial charge in [-0.25, -0.2) is 4.98 Å². The molecule has 0 saturated carbocycles. The Labute approximate surface area is 159 Å². The van der Waals surface area contributed by atoms with Crippen molar-refractivity contribution in [2.75, 3.05) is 12.4 Å². The number of methoxy groups -OCH3 is 1. The molecule has 28 heavy (non-hydrogen) atoms. The van der Waals surface area contributed by atoms with Crippen LogP contribution >= 0.6 is 0 Å². The Morgan fingerprint density at radius 3 is 2.71 bits per heavy atom. The summed E-state index contributed by atoms with van der Waals surface area (Å²) in [6.45, 7) is 0.349. The molecular weight excluding hydrogens is 358 g/mol. The topological polar surface area (TPSA) is 113 Å². The van der Waals surface area contributed by atoms with Crippen LogP contribution in [0.1, 0.15) is 16.2 Å². The van der Waals surface area contributed by atoms with E-state index >= 15 is 0 Å². The summed E-state index contributed by atoms with van der Waals surface area (Å²) in [5.74, 6) is 0.696. The number of nitrogens with zero attached hydrogens (tertiary/aromatic N) is 2. The number of para-hydroxylation sites is 1. The van der Waals surface area contributed by atoms with Crippen LogP contribution in [0.4, 0.5) is 5.69 Å². The van der Waals surface area contributed by atoms with Gasteiger partial charge in [-0.05, 0) is 36.4 Å². The number of carbonyl (C=O) groups is 1. The van der Waals surface area contributed by atoms with Crippen LogP contribution in [-0.2, 0) is 11.3 Å². The third-order valence-corrected chi connectivity index (χ3v) is 4.25. The van der Waals surface area contributed by atoms with E-state index in [-0.39, 0.29) is 11.0 Å². The molecule has 0 aliphatic heterocycles. The first-order valence-electron chi connectivity index (χ1n) is 8.58. The van der Waals surface area contributed by atoms with E-state index in [2.05, 4.69) is 25.5 Å². The van der Waals surface area contributed by atoms with Crippen LogP contribution < -0.4 is 10.7 Å². The van der Waals surface area contributed by atoms with Gasteiger partial charge in [0.1, 0.15) is 12.2 Å². The van der Waals surface area contributed by atoms with E-state index in [0.29, 0.717) is 34.8 Å². The van der Waals surface area contributed by atoms with Crippen molar-refractivity contribution in [1.29, 1.82) is 0 Å². The summed E-state index contributed by atoms with van der Waals surface area (Å²) in [4.78, 5) is 32.4. The number of hydrogen-bond donors (Lipinski definition) is 3. The predicted molar refractivity (Wildman–Crippen MR) is 105 cm³/mol. The molecule has 140 valence electrons. The molecule has 0 bridgehead atoms. The van der Waals surface area contributed by atoms with Crippen molar-refractivity contribution in [3.63, 3.8) is 0 Å². The van der Waals surface area contributed by atoms with Gasteiger partial charge in [0.05, 0.1) is 0 Å². The van der Waals surface area contributed by atoms with Gasteiger partial charge in [-0.15, -0.1) is 0 Å². The molecule has 0 fully saturated rings. The lowest BCUT2D eigenvalue weighted by molar-refractivity contribution is 0.102. The van der Waals surface area contributed by atoms with E-state index in [1.807, 2.05) is 6.07 Å². The van der Waals surface area contributed by atoms with Gasteiger partial charge in [-0.3, -0.25) is 14.7 Å². The molecule has 8 heteroatoms. The average Bonchev–Trinajstić information content (AvgIpc) is 3.18. The number of aromatic nitrogens is 4. The highest BCUT2D eigenvalue weighted by atomic mass is 16.5. The Bertz CT molecular complexity index is 1190. The van der Waals surface area contributed by atoms with Crippen LogP contribution in [0, 0.1) is 0 Å². The number of rotatable bonds is 5. The summed E-state index contributed by atoms with van der Waals surface area (Å²) in [5, 5.41) is 10.1. The maximum Gasteiger partial charge on any atom is 0.261 e. The number of anilines is 1. The highest BCUT2D eigenvalue weighted by Crippen LogP contribution is 2.18. The molecule has 0 atom stereocenters. The molecule has 0 saturated heterocycles. The second kappa shape index (κ2) is 7.45. The minimum Gasteiger partial charge on any atom is -0.377 e. The minimum absolute atomic E-state index is 0.0564. The van der Waals surface area contributed by atoms with Crippen LogP contribution in [0.3, 0.4) is 0 Å². The molecule has 2 heterocycles. The van der Waals surface area contributed by atoms with Gasteiger partial charge in [0.15, 0.2) is 11.6 Å². The van der Waals surface area contributed by atoms with Crippen LogP contribution in [0.25, 0.3) is 22.3 Å². The Hall–Kier alpha value is -3.78. The quantitative estimate of drug-likeness (QED) is 0.496. The lowest BCUT2D eigenvalue weighted by atomic mass is 10.1. The first kappa shape index (κ1) is 17.6.